The summed E-state index contributed by atoms with van der Waals surface area (Å²) in [6.45, 7) is 0.827. The highest BCUT2D eigenvalue weighted by Crippen LogP contribution is 2.35. The first kappa shape index (κ1) is 21.5. The Labute approximate surface area is 196 Å². The van der Waals surface area contributed by atoms with Crippen LogP contribution in [0.2, 0.25) is 0 Å². The van der Waals surface area contributed by atoms with Crippen molar-refractivity contribution in [2.75, 3.05) is 31.0 Å². The monoisotopic (exact) mass is 453 g/mol. The molecular formula is C27H23N3O4. The van der Waals surface area contributed by atoms with E-state index in [1.165, 1.54) is 12.7 Å². The maximum absolute atomic E-state index is 12.7. The molecule has 0 spiro atoms. The van der Waals surface area contributed by atoms with E-state index in [-0.39, 0.29) is 5.91 Å². The number of rotatable bonds is 5. The van der Waals surface area contributed by atoms with Gasteiger partial charge in [0.1, 0.15) is 11.6 Å². The summed E-state index contributed by atoms with van der Waals surface area (Å²) in [7, 11) is 2.98. The number of amides is 1. The van der Waals surface area contributed by atoms with Crippen molar-refractivity contribution in [2.24, 2.45) is 0 Å². The summed E-state index contributed by atoms with van der Waals surface area (Å²) in [5.74, 6) is 1.07. The maximum Gasteiger partial charge on any atom is 0.337 e. The summed E-state index contributed by atoms with van der Waals surface area (Å²) in [6, 6.07) is 22.1. The molecular weight excluding hydrogens is 430 g/mol. The predicted molar refractivity (Wildman–Crippen MR) is 131 cm³/mol. The van der Waals surface area contributed by atoms with Crippen molar-refractivity contribution in [2.45, 2.75) is 6.42 Å². The van der Waals surface area contributed by atoms with E-state index in [4.69, 9.17) is 14.5 Å². The van der Waals surface area contributed by atoms with Gasteiger partial charge in [-0.15, -0.1) is 0 Å². The number of nitrogens with zero attached hydrogens (tertiary/aromatic N) is 2. The van der Waals surface area contributed by atoms with Crippen LogP contribution in [0, 0.1) is 0 Å². The second-order valence-electron chi connectivity index (χ2n) is 8.00. The molecule has 7 nitrogen and oxygen atoms in total. The van der Waals surface area contributed by atoms with Gasteiger partial charge in [0.2, 0.25) is 0 Å². The second kappa shape index (κ2) is 8.86. The molecule has 170 valence electrons. The minimum absolute atomic E-state index is 0.226. The van der Waals surface area contributed by atoms with Gasteiger partial charge >= 0.3 is 5.97 Å². The van der Waals surface area contributed by atoms with Crippen LogP contribution in [0.25, 0.3) is 10.9 Å². The number of hydrogen-bond acceptors (Lipinski definition) is 6. The minimum atomic E-state index is -0.418. The highest BCUT2D eigenvalue weighted by molar-refractivity contribution is 6.04. The number of hydrogen-bond donors (Lipinski definition) is 1. The third-order valence-corrected chi connectivity index (χ3v) is 5.95. The van der Waals surface area contributed by atoms with E-state index in [9.17, 15) is 9.59 Å². The number of nitrogens with one attached hydrogen (secondary N) is 1. The average molecular weight is 453 g/mol. The Balaban J connectivity index is 1.33. The molecule has 7 heteroatoms. The van der Waals surface area contributed by atoms with Crippen molar-refractivity contribution in [3.63, 3.8) is 0 Å². The Kier molecular flexibility index (Phi) is 5.59. The molecule has 34 heavy (non-hydrogen) atoms. The summed E-state index contributed by atoms with van der Waals surface area (Å²) in [4.78, 5) is 31.3. The average Bonchev–Trinajstić information content (AvgIpc) is 3.29. The quantitative estimate of drug-likeness (QED) is 0.430. The number of carbonyl (C=O) groups is 2. The Bertz CT molecular complexity index is 1380. The number of fused-ring (bicyclic) bond motifs is 2. The second-order valence-corrected chi connectivity index (χ2v) is 8.00. The number of carbonyl (C=O) groups excluding carboxylic acids is 2. The molecule has 1 aromatic heterocycles. The van der Waals surface area contributed by atoms with Crippen molar-refractivity contribution in [3.05, 3.63) is 89.5 Å². The number of esters is 1. The highest BCUT2D eigenvalue weighted by Gasteiger charge is 2.23. The van der Waals surface area contributed by atoms with E-state index in [2.05, 4.69) is 16.3 Å². The Morgan fingerprint density at radius 2 is 1.65 bits per heavy atom. The summed E-state index contributed by atoms with van der Waals surface area (Å²) in [6.07, 6.45) is 0.911. The molecule has 1 amide bonds. The first-order valence-corrected chi connectivity index (χ1v) is 10.9. The number of methoxy groups -OCH3 is 2. The third-order valence-electron chi connectivity index (χ3n) is 5.95. The summed E-state index contributed by atoms with van der Waals surface area (Å²) < 4.78 is 10.0. The first-order chi connectivity index (χ1) is 16.6. The fourth-order valence-electron chi connectivity index (χ4n) is 4.12. The van der Waals surface area contributed by atoms with E-state index >= 15 is 0 Å². The van der Waals surface area contributed by atoms with Crippen molar-refractivity contribution < 1.29 is 19.1 Å². The molecule has 0 bridgehead atoms. The molecule has 1 aliphatic heterocycles. The molecule has 5 rings (SSSR count). The van der Waals surface area contributed by atoms with Crippen LogP contribution in [-0.4, -0.2) is 37.6 Å². The van der Waals surface area contributed by atoms with Crippen LogP contribution in [0.5, 0.6) is 5.75 Å². The van der Waals surface area contributed by atoms with Crippen molar-refractivity contribution in [1.82, 2.24) is 4.98 Å². The van der Waals surface area contributed by atoms with Crippen LogP contribution in [0.4, 0.5) is 17.2 Å². The van der Waals surface area contributed by atoms with Gasteiger partial charge in [-0.1, -0.05) is 0 Å². The minimum Gasteiger partial charge on any atom is -0.497 e. The molecule has 2 heterocycles. The molecule has 0 atom stereocenters. The van der Waals surface area contributed by atoms with Gasteiger partial charge in [0.05, 0.1) is 25.3 Å². The lowest BCUT2D eigenvalue weighted by atomic mass is 10.1. The SMILES string of the molecule is COC(=O)c1ccc(NC(=O)c2ccc(N3CCc4cc5ccc(OC)cc5nc43)cc2)cc1. The van der Waals surface area contributed by atoms with Gasteiger partial charge in [-0.3, -0.25) is 4.79 Å². The van der Waals surface area contributed by atoms with Crippen LogP contribution in [-0.2, 0) is 11.2 Å². The van der Waals surface area contributed by atoms with Crippen LogP contribution in [0.1, 0.15) is 26.3 Å². The van der Waals surface area contributed by atoms with Crippen LogP contribution in [0.3, 0.4) is 0 Å². The Hall–Kier alpha value is -4.39. The first-order valence-electron chi connectivity index (χ1n) is 10.9. The zero-order valence-corrected chi connectivity index (χ0v) is 18.9. The van der Waals surface area contributed by atoms with Crippen molar-refractivity contribution >= 4 is 40.0 Å². The largest absolute Gasteiger partial charge is 0.497 e. The van der Waals surface area contributed by atoms with E-state index < -0.39 is 5.97 Å². The summed E-state index contributed by atoms with van der Waals surface area (Å²) >= 11 is 0. The van der Waals surface area contributed by atoms with Crippen LogP contribution < -0.4 is 15.0 Å². The van der Waals surface area contributed by atoms with E-state index in [1.807, 2.05) is 30.3 Å². The molecule has 0 saturated carbocycles. The zero-order valence-electron chi connectivity index (χ0n) is 18.9. The maximum atomic E-state index is 12.7. The fraction of sp³-hybridized carbons (Fsp3) is 0.148. The number of anilines is 3. The van der Waals surface area contributed by atoms with Gasteiger partial charge in [-0.2, -0.15) is 0 Å². The molecule has 0 saturated heterocycles. The topological polar surface area (TPSA) is 80.8 Å². The summed E-state index contributed by atoms with van der Waals surface area (Å²) in [5.41, 5.74) is 4.63. The third kappa shape index (κ3) is 4.03. The molecule has 3 aromatic carbocycles. The summed E-state index contributed by atoms with van der Waals surface area (Å²) in [5, 5.41) is 3.94. The van der Waals surface area contributed by atoms with Gasteiger partial charge < -0.3 is 19.7 Å². The molecule has 0 radical (unpaired) electrons. The van der Waals surface area contributed by atoms with Gasteiger partial charge in [0.25, 0.3) is 5.91 Å². The van der Waals surface area contributed by atoms with Crippen LogP contribution in [0.15, 0.2) is 72.8 Å². The highest BCUT2D eigenvalue weighted by atomic mass is 16.5. The lowest BCUT2D eigenvalue weighted by Crippen LogP contribution is -2.15. The van der Waals surface area contributed by atoms with Gasteiger partial charge in [-0.05, 0) is 78.7 Å². The standard InChI is InChI=1S/C27H23N3O4/c1-33-23-12-7-19-15-20-13-14-30(25(20)29-24(19)16-23)22-10-5-17(6-11-22)26(31)28-21-8-3-18(4-9-21)27(32)34-2/h3-12,15-16H,13-14H2,1-2H3,(H,28,31). The molecule has 0 fully saturated rings. The van der Waals surface area contributed by atoms with Gasteiger partial charge in [0, 0.05) is 34.9 Å². The Morgan fingerprint density at radius 1 is 0.912 bits per heavy atom. The van der Waals surface area contributed by atoms with Crippen LogP contribution >= 0.6 is 0 Å². The van der Waals surface area contributed by atoms with E-state index in [1.54, 1.807) is 43.5 Å². The lowest BCUT2D eigenvalue weighted by Gasteiger charge is -2.19. The smallest absolute Gasteiger partial charge is 0.337 e. The fourth-order valence-corrected chi connectivity index (χ4v) is 4.12. The Morgan fingerprint density at radius 3 is 2.35 bits per heavy atom. The normalized spacial score (nSPS) is 12.4. The molecule has 1 aliphatic rings. The molecule has 4 aromatic rings. The number of aromatic nitrogens is 1. The number of pyridine rings is 1. The lowest BCUT2D eigenvalue weighted by molar-refractivity contribution is 0.0600. The zero-order chi connectivity index (χ0) is 23.7. The molecule has 0 aliphatic carbocycles. The number of benzene rings is 3. The van der Waals surface area contributed by atoms with E-state index in [0.29, 0.717) is 16.8 Å². The predicted octanol–water partition coefficient (Wildman–Crippen LogP) is 4.98. The van der Waals surface area contributed by atoms with Gasteiger partial charge in [-0.25, -0.2) is 9.78 Å². The van der Waals surface area contributed by atoms with Gasteiger partial charge in [0.15, 0.2) is 0 Å². The van der Waals surface area contributed by atoms with Crippen molar-refractivity contribution in [1.29, 1.82) is 0 Å². The van der Waals surface area contributed by atoms with Crippen molar-refractivity contribution in [3.8, 4) is 5.75 Å². The molecule has 1 N–H and O–H groups in total. The molecule has 0 unspecified atom stereocenters. The number of ether oxygens (including phenoxy) is 2. The van der Waals surface area contributed by atoms with E-state index in [0.717, 1.165) is 41.1 Å².